The molecule has 1 aromatic heterocycles. The van der Waals surface area contributed by atoms with Gasteiger partial charge in [-0.25, -0.2) is 4.79 Å². The number of urea groups is 1. The molecule has 0 bridgehead atoms. The molecule has 4 N–H and O–H groups in total. The lowest BCUT2D eigenvalue weighted by Gasteiger charge is -1.95. The Morgan fingerprint density at radius 3 is 3.00 bits per heavy atom. The van der Waals surface area contributed by atoms with Crippen molar-refractivity contribution < 1.29 is 4.79 Å². The molecule has 1 rings (SSSR count). The third-order valence-corrected chi connectivity index (χ3v) is 1.74. The van der Waals surface area contributed by atoms with E-state index in [-0.39, 0.29) is 11.4 Å². The molecular weight excluding hydrogens is 166 g/mol. The molecule has 0 radical (unpaired) electrons. The SMILES string of the molecule is NC(=O)NCc1csc(=O)[nH]1. The van der Waals surface area contributed by atoms with Gasteiger partial charge in [0.25, 0.3) is 0 Å². The molecule has 0 fully saturated rings. The van der Waals surface area contributed by atoms with Crippen LogP contribution in [-0.4, -0.2) is 11.0 Å². The number of hydrogen-bond donors (Lipinski definition) is 3. The van der Waals surface area contributed by atoms with E-state index in [2.05, 4.69) is 10.3 Å². The summed E-state index contributed by atoms with van der Waals surface area (Å²) >= 11 is 1.05. The van der Waals surface area contributed by atoms with Crippen LogP contribution < -0.4 is 15.9 Å². The maximum atomic E-state index is 10.6. The number of rotatable bonds is 2. The van der Waals surface area contributed by atoms with Gasteiger partial charge in [-0.1, -0.05) is 11.3 Å². The highest BCUT2D eigenvalue weighted by Gasteiger charge is 1.96. The summed E-state index contributed by atoms with van der Waals surface area (Å²) in [7, 11) is 0. The standard InChI is InChI=1S/C5H7N3O2S/c6-4(9)7-1-3-2-11-5(10)8-3/h2H,1H2,(H,8,10)(H3,6,7,9). The van der Waals surface area contributed by atoms with E-state index in [0.717, 1.165) is 11.3 Å². The summed E-state index contributed by atoms with van der Waals surface area (Å²) in [5, 5.41) is 3.99. The Morgan fingerprint density at radius 1 is 1.82 bits per heavy atom. The zero-order valence-corrected chi connectivity index (χ0v) is 6.40. The van der Waals surface area contributed by atoms with Crippen LogP contribution in [0.15, 0.2) is 10.2 Å². The average Bonchev–Trinajstić information content (AvgIpc) is 2.31. The largest absolute Gasteiger partial charge is 0.352 e. The van der Waals surface area contributed by atoms with Crippen molar-refractivity contribution in [1.29, 1.82) is 0 Å². The van der Waals surface area contributed by atoms with E-state index < -0.39 is 6.03 Å². The second-order valence-corrected chi connectivity index (χ2v) is 2.73. The highest BCUT2D eigenvalue weighted by Crippen LogP contribution is 1.93. The highest BCUT2D eigenvalue weighted by molar-refractivity contribution is 7.07. The van der Waals surface area contributed by atoms with Crippen LogP contribution in [0.25, 0.3) is 0 Å². The minimum Gasteiger partial charge on any atom is -0.352 e. The second kappa shape index (κ2) is 3.20. The monoisotopic (exact) mass is 173 g/mol. The van der Waals surface area contributed by atoms with Gasteiger partial charge in [0.1, 0.15) is 0 Å². The fourth-order valence-electron chi connectivity index (χ4n) is 0.583. The molecule has 0 aliphatic carbocycles. The van der Waals surface area contributed by atoms with Crippen LogP contribution in [0.1, 0.15) is 5.69 Å². The molecule has 11 heavy (non-hydrogen) atoms. The summed E-state index contributed by atoms with van der Waals surface area (Å²) in [6.45, 7) is 0.272. The number of aromatic nitrogens is 1. The number of thiazole rings is 1. The van der Waals surface area contributed by atoms with E-state index in [1.807, 2.05) is 0 Å². The number of carbonyl (C=O) groups is 1. The van der Waals surface area contributed by atoms with Crippen molar-refractivity contribution in [2.75, 3.05) is 0 Å². The molecule has 2 amide bonds. The zero-order chi connectivity index (χ0) is 8.27. The Morgan fingerprint density at radius 2 is 2.55 bits per heavy atom. The fraction of sp³-hybridized carbons (Fsp3) is 0.200. The Balaban J connectivity index is 2.51. The molecule has 0 unspecified atom stereocenters. The predicted octanol–water partition coefficient (Wildman–Crippen LogP) is -0.395. The summed E-state index contributed by atoms with van der Waals surface area (Å²) in [6.07, 6.45) is 0. The average molecular weight is 173 g/mol. The summed E-state index contributed by atoms with van der Waals surface area (Å²) in [6, 6.07) is -0.600. The van der Waals surface area contributed by atoms with Crippen LogP contribution in [0.2, 0.25) is 0 Å². The first-order valence-corrected chi connectivity index (χ1v) is 3.76. The minimum absolute atomic E-state index is 0.133. The summed E-state index contributed by atoms with van der Waals surface area (Å²) in [5.74, 6) is 0. The second-order valence-electron chi connectivity index (χ2n) is 1.89. The fourth-order valence-corrected chi connectivity index (χ4v) is 1.16. The molecule has 0 aliphatic heterocycles. The van der Waals surface area contributed by atoms with Crippen molar-refractivity contribution >= 4 is 17.4 Å². The number of primary amides is 1. The molecule has 60 valence electrons. The minimum atomic E-state index is -0.600. The molecule has 0 aromatic carbocycles. The van der Waals surface area contributed by atoms with Crippen molar-refractivity contribution in [2.45, 2.75) is 6.54 Å². The van der Waals surface area contributed by atoms with Crippen LogP contribution in [0.4, 0.5) is 4.79 Å². The molecular formula is C5H7N3O2S. The van der Waals surface area contributed by atoms with E-state index >= 15 is 0 Å². The van der Waals surface area contributed by atoms with Crippen molar-refractivity contribution in [3.05, 3.63) is 20.7 Å². The Kier molecular flexibility index (Phi) is 2.27. The number of nitrogens with one attached hydrogen (secondary N) is 2. The number of amides is 2. The number of hydrogen-bond acceptors (Lipinski definition) is 3. The zero-order valence-electron chi connectivity index (χ0n) is 5.59. The van der Waals surface area contributed by atoms with Crippen LogP contribution in [0, 0.1) is 0 Å². The molecule has 0 aliphatic rings. The van der Waals surface area contributed by atoms with Crippen molar-refractivity contribution in [3.63, 3.8) is 0 Å². The van der Waals surface area contributed by atoms with E-state index in [0.29, 0.717) is 5.69 Å². The molecule has 1 heterocycles. The number of nitrogens with two attached hydrogens (primary N) is 1. The molecule has 0 saturated heterocycles. The van der Waals surface area contributed by atoms with Gasteiger partial charge >= 0.3 is 10.9 Å². The van der Waals surface area contributed by atoms with Gasteiger partial charge < -0.3 is 16.0 Å². The van der Waals surface area contributed by atoms with Gasteiger partial charge in [-0.2, -0.15) is 0 Å². The third kappa shape index (κ3) is 2.42. The van der Waals surface area contributed by atoms with Crippen LogP contribution >= 0.6 is 11.3 Å². The first-order valence-electron chi connectivity index (χ1n) is 2.88. The van der Waals surface area contributed by atoms with Gasteiger partial charge in [0.2, 0.25) is 0 Å². The van der Waals surface area contributed by atoms with Gasteiger partial charge in [-0.05, 0) is 0 Å². The first-order chi connectivity index (χ1) is 5.18. The lowest BCUT2D eigenvalue weighted by Crippen LogP contribution is -2.28. The van der Waals surface area contributed by atoms with E-state index in [1.165, 1.54) is 0 Å². The molecule has 0 saturated carbocycles. The smallest absolute Gasteiger partial charge is 0.312 e. The van der Waals surface area contributed by atoms with Gasteiger partial charge in [0.15, 0.2) is 0 Å². The van der Waals surface area contributed by atoms with Gasteiger partial charge in [0.05, 0.1) is 6.54 Å². The van der Waals surface area contributed by atoms with Crippen LogP contribution in [-0.2, 0) is 6.54 Å². The van der Waals surface area contributed by atoms with E-state index in [4.69, 9.17) is 5.73 Å². The van der Waals surface area contributed by atoms with Crippen molar-refractivity contribution in [1.82, 2.24) is 10.3 Å². The number of H-pyrrole nitrogens is 1. The summed E-state index contributed by atoms with van der Waals surface area (Å²) in [5.41, 5.74) is 5.47. The Bertz CT molecular complexity index is 303. The van der Waals surface area contributed by atoms with Gasteiger partial charge in [-0.3, -0.25) is 4.79 Å². The normalized spacial score (nSPS) is 9.45. The first kappa shape index (κ1) is 7.80. The van der Waals surface area contributed by atoms with Gasteiger partial charge in [0, 0.05) is 11.1 Å². The highest BCUT2D eigenvalue weighted by atomic mass is 32.1. The number of aromatic amines is 1. The summed E-state index contributed by atoms with van der Waals surface area (Å²) in [4.78, 5) is 23.1. The molecule has 5 nitrogen and oxygen atoms in total. The predicted molar refractivity (Wildman–Crippen MR) is 41.4 cm³/mol. The van der Waals surface area contributed by atoms with E-state index in [1.54, 1.807) is 5.38 Å². The molecule has 1 aromatic rings. The third-order valence-electron chi connectivity index (χ3n) is 1.02. The van der Waals surface area contributed by atoms with Crippen LogP contribution in [0.3, 0.4) is 0 Å². The van der Waals surface area contributed by atoms with Crippen molar-refractivity contribution in [2.24, 2.45) is 5.73 Å². The van der Waals surface area contributed by atoms with E-state index in [9.17, 15) is 9.59 Å². The number of carbonyl (C=O) groups excluding carboxylic acids is 1. The summed E-state index contributed by atoms with van der Waals surface area (Å²) < 4.78 is 0. The topological polar surface area (TPSA) is 88.0 Å². The molecule has 0 atom stereocenters. The lowest BCUT2D eigenvalue weighted by molar-refractivity contribution is 0.248. The maximum Gasteiger partial charge on any atom is 0.312 e. The molecule has 0 spiro atoms. The molecule has 6 heteroatoms. The quantitative estimate of drug-likeness (QED) is 0.568. The maximum absolute atomic E-state index is 10.6. The Labute approximate surface area is 66.2 Å². The Hall–Kier alpha value is -1.30. The van der Waals surface area contributed by atoms with Crippen molar-refractivity contribution in [3.8, 4) is 0 Å². The van der Waals surface area contributed by atoms with Gasteiger partial charge in [-0.15, -0.1) is 0 Å². The lowest BCUT2D eigenvalue weighted by atomic mass is 10.5. The van der Waals surface area contributed by atoms with Crippen LogP contribution in [0.5, 0.6) is 0 Å².